The number of rotatable bonds is 9. The van der Waals surface area contributed by atoms with Gasteiger partial charge in [0.25, 0.3) is 0 Å². The Morgan fingerprint density at radius 1 is 1.29 bits per heavy atom. The van der Waals surface area contributed by atoms with Crippen molar-refractivity contribution in [2.24, 2.45) is 0 Å². The van der Waals surface area contributed by atoms with Crippen molar-refractivity contribution in [3.8, 4) is 11.4 Å². The van der Waals surface area contributed by atoms with E-state index in [0.29, 0.717) is 31.6 Å². The summed E-state index contributed by atoms with van der Waals surface area (Å²) in [5.74, 6) is -0.327. The summed E-state index contributed by atoms with van der Waals surface area (Å²) >= 11 is 0. The predicted octanol–water partition coefficient (Wildman–Crippen LogP) is 3.97. The molecule has 1 unspecified atom stereocenters. The van der Waals surface area contributed by atoms with E-state index in [0.717, 1.165) is 48.5 Å². The van der Waals surface area contributed by atoms with E-state index >= 15 is 0 Å². The second-order valence-corrected chi connectivity index (χ2v) is 6.74. The van der Waals surface area contributed by atoms with Crippen LogP contribution in [0.1, 0.15) is 54.7 Å². The minimum atomic E-state index is -0.327. The fourth-order valence-corrected chi connectivity index (χ4v) is 3.30. The fraction of sp³-hybridized carbons (Fsp3) is 0.500. The number of carbonyl (C=O) groups excluding carboxylic acids is 1. The molecule has 1 fully saturated rings. The highest BCUT2D eigenvalue weighted by Crippen LogP contribution is 2.25. The number of hydrogen-bond acceptors (Lipinski definition) is 6. The van der Waals surface area contributed by atoms with E-state index in [-0.39, 0.29) is 12.3 Å². The zero-order valence-corrected chi connectivity index (χ0v) is 16.6. The minimum Gasteiger partial charge on any atom is -0.462 e. The molecule has 0 radical (unpaired) electrons. The Balaban J connectivity index is 1.92. The third-order valence-corrected chi connectivity index (χ3v) is 4.63. The van der Waals surface area contributed by atoms with Crippen LogP contribution >= 0.6 is 0 Å². The average molecular weight is 384 g/mol. The van der Waals surface area contributed by atoms with Crippen LogP contribution in [-0.4, -0.2) is 42.0 Å². The first-order valence-corrected chi connectivity index (χ1v) is 10.1. The van der Waals surface area contributed by atoms with Crippen LogP contribution in [0.2, 0.25) is 0 Å². The average Bonchev–Trinajstić information content (AvgIpc) is 3.23. The van der Waals surface area contributed by atoms with Crippen molar-refractivity contribution in [3.05, 3.63) is 47.3 Å². The van der Waals surface area contributed by atoms with Gasteiger partial charge >= 0.3 is 5.97 Å². The van der Waals surface area contributed by atoms with E-state index in [1.54, 1.807) is 6.20 Å². The lowest BCUT2D eigenvalue weighted by molar-refractivity contribution is -0.109. The van der Waals surface area contributed by atoms with Gasteiger partial charge in [0.15, 0.2) is 6.29 Å². The van der Waals surface area contributed by atoms with Gasteiger partial charge in [-0.2, -0.15) is 0 Å². The van der Waals surface area contributed by atoms with Gasteiger partial charge in [-0.25, -0.2) is 4.79 Å². The van der Waals surface area contributed by atoms with Gasteiger partial charge in [-0.1, -0.05) is 19.4 Å². The van der Waals surface area contributed by atoms with Gasteiger partial charge in [-0.15, -0.1) is 0 Å². The molecule has 28 heavy (non-hydrogen) atoms. The lowest BCUT2D eigenvalue weighted by atomic mass is 10.0. The smallest absolute Gasteiger partial charge is 0.339 e. The molecule has 3 rings (SSSR count). The van der Waals surface area contributed by atoms with Gasteiger partial charge in [0.1, 0.15) is 0 Å². The van der Waals surface area contributed by atoms with Crippen LogP contribution in [0.15, 0.2) is 30.5 Å². The first-order chi connectivity index (χ1) is 13.7. The number of nitrogens with zero attached hydrogens (tertiary/aromatic N) is 2. The molecule has 3 heterocycles. The fourth-order valence-electron chi connectivity index (χ4n) is 3.30. The van der Waals surface area contributed by atoms with Gasteiger partial charge < -0.3 is 14.2 Å². The molecule has 0 N–H and O–H groups in total. The van der Waals surface area contributed by atoms with Crippen molar-refractivity contribution < 1.29 is 19.0 Å². The maximum atomic E-state index is 12.5. The highest BCUT2D eigenvalue weighted by molar-refractivity contribution is 5.91. The van der Waals surface area contributed by atoms with Crippen LogP contribution in [0.5, 0.6) is 0 Å². The molecule has 0 aliphatic carbocycles. The molecular weight excluding hydrogens is 356 g/mol. The Kier molecular flexibility index (Phi) is 7.51. The summed E-state index contributed by atoms with van der Waals surface area (Å²) in [7, 11) is 0. The maximum Gasteiger partial charge on any atom is 0.339 e. The first-order valence-electron chi connectivity index (χ1n) is 10.1. The largest absolute Gasteiger partial charge is 0.462 e. The van der Waals surface area contributed by atoms with Crippen LogP contribution < -0.4 is 0 Å². The van der Waals surface area contributed by atoms with Crippen molar-refractivity contribution >= 4 is 5.97 Å². The molecule has 1 atom stereocenters. The molecule has 1 aliphatic heterocycles. The molecule has 0 amide bonds. The minimum absolute atomic E-state index is 0.129. The third kappa shape index (κ3) is 5.14. The number of aryl methyl sites for hydroxylation is 1. The van der Waals surface area contributed by atoms with E-state index in [4.69, 9.17) is 19.2 Å². The standard InChI is InChI=1S/C22H28N2O4/c1-3-8-18-17(22(25)26-4-2)15-16(11-14-28-20-10-7-13-27-20)21(24-18)19-9-5-6-12-23-19/h5-6,9,12,15,20H,3-4,7-8,10-11,13-14H2,1-2H3. The van der Waals surface area contributed by atoms with E-state index < -0.39 is 0 Å². The number of esters is 1. The number of ether oxygens (including phenoxy) is 3. The summed E-state index contributed by atoms with van der Waals surface area (Å²) in [6, 6.07) is 7.66. The van der Waals surface area contributed by atoms with Crippen molar-refractivity contribution in [1.29, 1.82) is 0 Å². The van der Waals surface area contributed by atoms with Crippen LogP contribution in [0.4, 0.5) is 0 Å². The summed E-state index contributed by atoms with van der Waals surface area (Å²) in [5.41, 5.74) is 3.82. The summed E-state index contributed by atoms with van der Waals surface area (Å²) in [4.78, 5) is 21.8. The van der Waals surface area contributed by atoms with Crippen molar-refractivity contribution in [2.45, 2.75) is 52.2 Å². The van der Waals surface area contributed by atoms with Crippen LogP contribution in [0.25, 0.3) is 11.4 Å². The van der Waals surface area contributed by atoms with E-state index in [9.17, 15) is 4.79 Å². The summed E-state index contributed by atoms with van der Waals surface area (Å²) in [6.07, 6.45) is 5.80. The summed E-state index contributed by atoms with van der Waals surface area (Å²) in [5, 5.41) is 0. The highest BCUT2D eigenvalue weighted by atomic mass is 16.7. The van der Waals surface area contributed by atoms with Gasteiger partial charge in [-0.3, -0.25) is 9.97 Å². The van der Waals surface area contributed by atoms with E-state index in [1.807, 2.05) is 31.2 Å². The Bertz CT molecular complexity index is 774. The molecule has 1 saturated heterocycles. The highest BCUT2D eigenvalue weighted by Gasteiger charge is 2.20. The van der Waals surface area contributed by atoms with Crippen molar-refractivity contribution in [2.75, 3.05) is 19.8 Å². The molecular formula is C22H28N2O4. The zero-order chi connectivity index (χ0) is 19.8. The van der Waals surface area contributed by atoms with Gasteiger partial charge in [0, 0.05) is 19.2 Å². The molecule has 2 aromatic rings. The molecule has 1 aliphatic rings. The lowest BCUT2D eigenvalue weighted by Crippen LogP contribution is -2.15. The van der Waals surface area contributed by atoms with Crippen molar-refractivity contribution in [1.82, 2.24) is 9.97 Å². The van der Waals surface area contributed by atoms with E-state index in [2.05, 4.69) is 11.9 Å². The van der Waals surface area contributed by atoms with Crippen LogP contribution in [-0.2, 0) is 27.1 Å². The van der Waals surface area contributed by atoms with Crippen molar-refractivity contribution in [3.63, 3.8) is 0 Å². The summed E-state index contributed by atoms with van der Waals surface area (Å²) < 4.78 is 16.6. The molecule has 0 spiro atoms. The Labute approximate surface area is 166 Å². The molecule has 0 saturated carbocycles. The number of aromatic nitrogens is 2. The van der Waals surface area contributed by atoms with Gasteiger partial charge in [0.05, 0.1) is 35.9 Å². The topological polar surface area (TPSA) is 70.5 Å². The monoisotopic (exact) mass is 384 g/mol. The molecule has 6 nitrogen and oxygen atoms in total. The first kappa shape index (κ1) is 20.4. The Morgan fingerprint density at radius 3 is 2.86 bits per heavy atom. The van der Waals surface area contributed by atoms with Crippen LogP contribution in [0.3, 0.4) is 0 Å². The summed E-state index contributed by atoms with van der Waals surface area (Å²) in [6.45, 7) is 5.47. The SMILES string of the molecule is CCCc1nc(-c2ccccn2)c(CCOC2CCCO2)cc1C(=O)OCC. The van der Waals surface area contributed by atoms with Gasteiger partial charge in [0.2, 0.25) is 0 Å². The molecule has 6 heteroatoms. The number of hydrogen-bond donors (Lipinski definition) is 0. The Hall–Kier alpha value is -2.31. The van der Waals surface area contributed by atoms with Crippen LogP contribution in [0, 0.1) is 0 Å². The molecule has 150 valence electrons. The number of carbonyl (C=O) groups is 1. The molecule has 2 aromatic heterocycles. The zero-order valence-electron chi connectivity index (χ0n) is 16.6. The van der Waals surface area contributed by atoms with E-state index in [1.165, 1.54) is 0 Å². The lowest BCUT2D eigenvalue weighted by Gasteiger charge is -2.16. The quantitative estimate of drug-likeness (QED) is 0.609. The Morgan fingerprint density at radius 2 is 2.18 bits per heavy atom. The number of pyridine rings is 2. The molecule has 0 aromatic carbocycles. The predicted molar refractivity (Wildman–Crippen MR) is 106 cm³/mol. The maximum absolute atomic E-state index is 12.5. The third-order valence-electron chi connectivity index (χ3n) is 4.63. The molecule has 0 bridgehead atoms. The second-order valence-electron chi connectivity index (χ2n) is 6.74. The van der Waals surface area contributed by atoms with Gasteiger partial charge in [-0.05, 0) is 49.9 Å². The second kappa shape index (κ2) is 10.3. The normalized spacial score (nSPS) is 16.3.